The lowest BCUT2D eigenvalue weighted by atomic mass is 10.0. The van der Waals surface area contributed by atoms with Gasteiger partial charge < -0.3 is 9.84 Å². The van der Waals surface area contributed by atoms with E-state index in [4.69, 9.17) is 4.74 Å². The van der Waals surface area contributed by atoms with Gasteiger partial charge in [0.05, 0.1) is 24.7 Å². The Morgan fingerprint density at radius 2 is 2.00 bits per heavy atom. The first-order chi connectivity index (χ1) is 13.5. The molecule has 0 saturated heterocycles. The minimum atomic E-state index is -0.728. The second-order valence-electron chi connectivity index (χ2n) is 5.96. The molecule has 1 amide bonds. The molecular formula is C20H17N3O5. The summed E-state index contributed by atoms with van der Waals surface area (Å²) in [7, 11) is 1.28. The Bertz CT molecular complexity index is 1070. The zero-order chi connectivity index (χ0) is 20.1. The van der Waals surface area contributed by atoms with Crippen LogP contribution in [0.1, 0.15) is 11.1 Å². The number of carbonyl (C=O) groups excluding carboxylic acids is 1. The predicted molar refractivity (Wildman–Crippen MR) is 105 cm³/mol. The lowest BCUT2D eigenvalue weighted by Gasteiger charge is -2.06. The summed E-state index contributed by atoms with van der Waals surface area (Å²) >= 11 is 0. The molecule has 0 fully saturated rings. The molecule has 2 N–H and O–H groups in total. The van der Waals surface area contributed by atoms with E-state index < -0.39 is 16.4 Å². The van der Waals surface area contributed by atoms with Crippen LogP contribution in [0.15, 0.2) is 59.7 Å². The maximum absolute atomic E-state index is 12.2. The molecule has 3 aromatic rings. The first kappa shape index (κ1) is 18.8. The fourth-order valence-electron chi connectivity index (χ4n) is 2.82. The number of carbonyl (C=O) groups is 1. The van der Waals surface area contributed by atoms with Gasteiger partial charge in [-0.25, -0.2) is 5.43 Å². The topological polar surface area (TPSA) is 114 Å². The second kappa shape index (κ2) is 8.17. The number of fused-ring (bicyclic) bond motifs is 1. The first-order valence-electron chi connectivity index (χ1n) is 8.33. The van der Waals surface area contributed by atoms with Crippen molar-refractivity contribution in [1.29, 1.82) is 0 Å². The van der Waals surface area contributed by atoms with Crippen LogP contribution in [-0.2, 0) is 11.2 Å². The van der Waals surface area contributed by atoms with Crippen LogP contribution in [0.5, 0.6) is 11.5 Å². The first-order valence-corrected chi connectivity index (χ1v) is 8.33. The van der Waals surface area contributed by atoms with Crippen molar-refractivity contribution in [1.82, 2.24) is 5.43 Å². The van der Waals surface area contributed by atoms with Crippen LogP contribution in [0.25, 0.3) is 10.8 Å². The van der Waals surface area contributed by atoms with E-state index in [0.29, 0.717) is 5.56 Å². The zero-order valence-electron chi connectivity index (χ0n) is 15.0. The average molecular weight is 379 g/mol. The SMILES string of the molecule is COc1cc(C=NNC(=O)Cc2cccc3ccccc23)cc([N+](=O)[O-])c1O. The number of hydrazone groups is 1. The number of hydrogen-bond donors (Lipinski definition) is 2. The molecule has 0 aromatic heterocycles. The van der Waals surface area contributed by atoms with Gasteiger partial charge in [-0.15, -0.1) is 0 Å². The highest BCUT2D eigenvalue weighted by Gasteiger charge is 2.19. The molecule has 8 nitrogen and oxygen atoms in total. The molecule has 0 bridgehead atoms. The zero-order valence-corrected chi connectivity index (χ0v) is 15.0. The fraction of sp³-hybridized carbons (Fsp3) is 0.100. The average Bonchev–Trinajstić information content (AvgIpc) is 2.69. The van der Waals surface area contributed by atoms with Gasteiger partial charge in [0.25, 0.3) is 0 Å². The largest absolute Gasteiger partial charge is 0.500 e. The van der Waals surface area contributed by atoms with Gasteiger partial charge in [-0.2, -0.15) is 5.10 Å². The van der Waals surface area contributed by atoms with Crippen molar-refractivity contribution >= 4 is 28.6 Å². The number of rotatable bonds is 6. The number of ether oxygens (including phenoxy) is 1. The molecule has 0 heterocycles. The number of nitro groups is 1. The quantitative estimate of drug-likeness (QED) is 0.388. The lowest BCUT2D eigenvalue weighted by Crippen LogP contribution is -2.19. The van der Waals surface area contributed by atoms with E-state index in [9.17, 15) is 20.0 Å². The summed E-state index contributed by atoms with van der Waals surface area (Å²) in [6, 6.07) is 16.0. The monoisotopic (exact) mass is 379 g/mol. The van der Waals surface area contributed by atoms with Crippen LogP contribution in [-0.4, -0.2) is 29.3 Å². The van der Waals surface area contributed by atoms with Crippen molar-refractivity contribution in [3.8, 4) is 11.5 Å². The number of benzene rings is 3. The van der Waals surface area contributed by atoms with Crippen molar-refractivity contribution in [3.05, 3.63) is 75.8 Å². The molecule has 0 saturated carbocycles. The molecule has 3 rings (SSSR count). The number of nitrogens with zero attached hydrogens (tertiary/aromatic N) is 2. The number of methoxy groups -OCH3 is 1. The Morgan fingerprint density at radius 3 is 2.75 bits per heavy atom. The summed E-state index contributed by atoms with van der Waals surface area (Å²) in [6.45, 7) is 0. The van der Waals surface area contributed by atoms with Crippen molar-refractivity contribution < 1.29 is 19.6 Å². The Balaban J connectivity index is 1.73. The molecule has 0 spiro atoms. The normalized spacial score (nSPS) is 10.9. The third kappa shape index (κ3) is 4.07. The van der Waals surface area contributed by atoms with E-state index in [-0.39, 0.29) is 18.1 Å². The van der Waals surface area contributed by atoms with Crippen LogP contribution in [0.4, 0.5) is 5.69 Å². The molecule has 0 aliphatic carbocycles. The summed E-state index contributed by atoms with van der Waals surface area (Å²) < 4.78 is 4.92. The molecule has 0 aliphatic rings. The molecule has 0 unspecified atom stereocenters. The molecule has 3 aromatic carbocycles. The van der Waals surface area contributed by atoms with E-state index in [1.54, 1.807) is 0 Å². The van der Waals surface area contributed by atoms with Crippen molar-refractivity contribution in [2.24, 2.45) is 5.10 Å². The summed E-state index contributed by atoms with van der Waals surface area (Å²) in [6.07, 6.45) is 1.38. The van der Waals surface area contributed by atoms with Gasteiger partial charge in [0.1, 0.15) is 0 Å². The van der Waals surface area contributed by atoms with E-state index in [1.807, 2.05) is 42.5 Å². The molecular weight excluding hydrogens is 362 g/mol. The summed E-state index contributed by atoms with van der Waals surface area (Å²) in [5.74, 6) is -0.949. The lowest BCUT2D eigenvalue weighted by molar-refractivity contribution is -0.386. The highest BCUT2D eigenvalue weighted by Crippen LogP contribution is 2.36. The molecule has 0 radical (unpaired) electrons. The number of nitrogens with one attached hydrogen (secondary N) is 1. The minimum absolute atomic E-state index is 0.0577. The van der Waals surface area contributed by atoms with Crippen LogP contribution >= 0.6 is 0 Å². The third-order valence-corrected chi connectivity index (χ3v) is 4.13. The maximum Gasteiger partial charge on any atom is 0.315 e. The Hall–Kier alpha value is -3.94. The van der Waals surface area contributed by atoms with Crippen LogP contribution in [0, 0.1) is 10.1 Å². The minimum Gasteiger partial charge on any atom is -0.500 e. The Labute approximate surface area is 160 Å². The predicted octanol–water partition coefficient (Wildman–Crippen LogP) is 3.16. The van der Waals surface area contributed by atoms with E-state index >= 15 is 0 Å². The molecule has 8 heteroatoms. The standard InChI is InChI=1S/C20H17N3O5/c1-28-18-10-13(9-17(20(18)25)23(26)27)12-21-22-19(24)11-15-7-4-6-14-5-2-3-8-16(14)15/h2-10,12,25H,11H2,1H3,(H,22,24). The molecule has 28 heavy (non-hydrogen) atoms. The molecule has 142 valence electrons. The van der Waals surface area contributed by atoms with Crippen LogP contribution in [0.2, 0.25) is 0 Å². The van der Waals surface area contributed by atoms with Gasteiger partial charge in [0.2, 0.25) is 11.7 Å². The fourth-order valence-corrected chi connectivity index (χ4v) is 2.82. The van der Waals surface area contributed by atoms with Crippen molar-refractivity contribution in [2.75, 3.05) is 7.11 Å². The Morgan fingerprint density at radius 1 is 1.25 bits per heavy atom. The molecule has 0 atom stereocenters. The van der Waals surface area contributed by atoms with Gasteiger partial charge in [-0.05, 0) is 22.4 Å². The number of phenols is 1. The van der Waals surface area contributed by atoms with E-state index in [2.05, 4.69) is 10.5 Å². The van der Waals surface area contributed by atoms with Gasteiger partial charge >= 0.3 is 5.69 Å². The van der Waals surface area contributed by atoms with Gasteiger partial charge in [0.15, 0.2) is 5.75 Å². The Kier molecular flexibility index (Phi) is 5.50. The number of hydrogen-bond acceptors (Lipinski definition) is 6. The summed E-state index contributed by atoms with van der Waals surface area (Å²) in [5.41, 5.74) is 3.06. The second-order valence-corrected chi connectivity index (χ2v) is 5.96. The van der Waals surface area contributed by atoms with Gasteiger partial charge in [-0.3, -0.25) is 14.9 Å². The van der Waals surface area contributed by atoms with Crippen molar-refractivity contribution in [2.45, 2.75) is 6.42 Å². The number of phenolic OH excluding ortho intramolecular Hbond substituents is 1. The highest BCUT2D eigenvalue weighted by atomic mass is 16.6. The van der Waals surface area contributed by atoms with Gasteiger partial charge in [-0.1, -0.05) is 42.5 Å². The van der Waals surface area contributed by atoms with E-state index in [1.165, 1.54) is 19.4 Å². The summed E-state index contributed by atoms with van der Waals surface area (Å²) in [4.78, 5) is 22.5. The maximum atomic E-state index is 12.2. The summed E-state index contributed by atoms with van der Waals surface area (Å²) in [5, 5.41) is 26.6. The van der Waals surface area contributed by atoms with Gasteiger partial charge in [0, 0.05) is 11.6 Å². The van der Waals surface area contributed by atoms with Crippen molar-refractivity contribution in [3.63, 3.8) is 0 Å². The van der Waals surface area contributed by atoms with Crippen LogP contribution in [0.3, 0.4) is 0 Å². The smallest absolute Gasteiger partial charge is 0.315 e. The third-order valence-electron chi connectivity index (χ3n) is 4.13. The van der Waals surface area contributed by atoms with E-state index in [0.717, 1.165) is 22.4 Å². The number of amides is 1. The highest BCUT2D eigenvalue weighted by molar-refractivity contribution is 5.91. The van der Waals surface area contributed by atoms with Crippen LogP contribution < -0.4 is 10.2 Å². The molecule has 0 aliphatic heterocycles. The number of aromatic hydroxyl groups is 1. The number of nitro benzene ring substituents is 1.